The molecule has 0 saturated carbocycles. The first kappa shape index (κ1) is 14.8. The molecule has 0 atom stereocenters. The Morgan fingerprint density at radius 2 is 2.11 bits per heavy atom. The molecule has 0 bridgehead atoms. The molecule has 1 N–H and O–H groups in total. The molecule has 0 saturated heterocycles. The van der Waals surface area contributed by atoms with E-state index in [4.69, 9.17) is 11.6 Å². The van der Waals surface area contributed by atoms with Crippen LogP contribution in [0.25, 0.3) is 0 Å². The number of rotatable bonds is 6. The molecule has 3 nitrogen and oxygen atoms in total. The molecular weight excluding hydrogens is 250 g/mol. The van der Waals surface area contributed by atoms with Crippen LogP contribution in [0.4, 0.5) is 0 Å². The second-order valence-corrected chi connectivity index (χ2v) is 4.73. The Balaban J connectivity index is 2.90. The molecule has 0 aliphatic rings. The van der Waals surface area contributed by atoms with Crippen molar-refractivity contribution < 1.29 is 9.90 Å². The lowest BCUT2D eigenvalue weighted by atomic mass is 10.1. The van der Waals surface area contributed by atoms with E-state index in [0.29, 0.717) is 24.5 Å². The minimum atomic E-state index is -0.148. The first-order valence-electron chi connectivity index (χ1n) is 6.25. The SMILES string of the molecule is CCCCN(CCCl)C(=O)c1cc(C)ccc1O. The van der Waals surface area contributed by atoms with Crippen molar-refractivity contribution in [3.8, 4) is 5.75 Å². The minimum Gasteiger partial charge on any atom is -0.507 e. The molecule has 0 unspecified atom stereocenters. The molecule has 1 rings (SSSR count). The average molecular weight is 270 g/mol. The van der Waals surface area contributed by atoms with Crippen LogP contribution >= 0.6 is 11.6 Å². The van der Waals surface area contributed by atoms with Gasteiger partial charge in [-0.25, -0.2) is 0 Å². The van der Waals surface area contributed by atoms with E-state index in [1.165, 1.54) is 0 Å². The first-order valence-corrected chi connectivity index (χ1v) is 6.78. The fraction of sp³-hybridized carbons (Fsp3) is 0.500. The number of halogens is 1. The molecule has 0 fully saturated rings. The predicted molar refractivity (Wildman–Crippen MR) is 74.4 cm³/mol. The maximum absolute atomic E-state index is 12.3. The van der Waals surface area contributed by atoms with Gasteiger partial charge in [-0.2, -0.15) is 0 Å². The fourth-order valence-electron chi connectivity index (χ4n) is 1.76. The van der Waals surface area contributed by atoms with Crippen molar-refractivity contribution in [2.24, 2.45) is 0 Å². The number of benzene rings is 1. The number of phenolic OH excluding ortho intramolecular Hbond substituents is 1. The van der Waals surface area contributed by atoms with Gasteiger partial charge in [0.2, 0.25) is 0 Å². The Bertz CT molecular complexity index is 407. The largest absolute Gasteiger partial charge is 0.507 e. The zero-order valence-corrected chi connectivity index (χ0v) is 11.7. The van der Waals surface area contributed by atoms with Crippen molar-refractivity contribution in [2.75, 3.05) is 19.0 Å². The second-order valence-electron chi connectivity index (χ2n) is 4.36. The monoisotopic (exact) mass is 269 g/mol. The summed E-state index contributed by atoms with van der Waals surface area (Å²) in [7, 11) is 0. The molecule has 4 heteroatoms. The summed E-state index contributed by atoms with van der Waals surface area (Å²) in [6, 6.07) is 5.05. The van der Waals surface area contributed by atoms with Gasteiger partial charge in [0.05, 0.1) is 5.56 Å². The topological polar surface area (TPSA) is 40.5 Å². The lowest BCUT2D eigenvalue weighted by molar-refractivity contribution is 0.0760. The van der Waals surface area contributed by atoms with Gasteiger partial charge in [0, 0.05) is 19.0 Å². The molecule has 0 heterocycles. The molecule has 1 aromatic rings. The maximum atomic E-state index is 12.3. The number of aromatic hydroxyl groups is 1. The van der Waals surface area contributed by atoms with E-state index in [1.807, 2.05) is 6.92 Å². The van der Waals surface area contributed by atoms with E-state index in [9.17, 15) is 9.90 Å². The Morgan fingerprint density at radius 3 is 2.72 bits per heavy atom. The molecule has 0 aliphatic heterocycles. The zero-order chi connectivity index (χ0) is 13.5. The summed E-state index contributed by atoms with van der Waals surface area (Å²) in [5.74, 6) is 0.286. The van der Waals surface area contributed by atoms with Crippen LogP contribution in [0.15, 0.2) is 18.2 Å². The Morgan fingerprint density at radius 1 is 1.39 bits per heavy atom. The number of unbranched alkanes of at least 4 members (excludes halogenated alkanes) is 1. The van der Waals surface area contributed by atoms with Crippen LogP contribution < -0.4 is 0 Å². The second kappa shape index (κ2) is 7.27. The number of nitrogens with zero attached hydrogens (tertiary/aromatic N) is 1. The Hall–Kier alpha value is -1.22. The molecule has 1 amide bonds. The maximum Gasteiger partial charge on any atom is 0.257 e. The van der Waals surface area contributed by atoms with E-state index in [2.05, 4.69) is 6.92 Å². The van der Waals surface area contributed by atoms with E-state index in [0.717, 1.165) is 18.4 Å². The highest BCUT2D eigenvalue weighted by Gasteiger charge is 2.18. The summed E-state index contributed by atoms with van der Waals surface area (Å²) >= 11 is 5.72. The van der Waals surface area contributed by atoms with Gasteiger partial charge in [0.1, 0.15) is 5.75 Å². The van der Waals surface area contributed by atoms with Crippen molar-refractivity contribution in [1.29, 1.82) is 0 Å². The summed E-state index contributed by atoms with van der Waals surface area (Å²) in [6.07, 6.45) is 1.96. The van der Waals surface area contributed by atoms with E-state index in [-0.39, 0.29) is 11.7 Å². The number of hydrogen-bond acceptors (Lipinski definition) is 2. The number of aryl methyl sites for hydroxylation is 1. The van der Waals surface area contributed by atoms with Crippen LogP contribution in [0.1, 0.15) is 35.7 Å². The molecular formula is C14H20ClNO2. The van der Waals surface area contributed by atoms with Crippen LogP contribution in [0.3, 0.4) is 0 Å². The molecule has 1 aromatic carbocycles. The smallest absolute Gasteiger partial charge is 0.257 e. The number of carbonyl (C=O) groups excluding carboxylic acids is 1. The van der Waals surface area contributed by atoms with Crippen LogP contribution in [-0.2, 0) is 0 Å². The number of carbonyl (C=O) groups is 1. The van der Waals surface area contributed by atoms with Gasteiger partial charge in [-0.05, 0) is 25.5 Å². The minimum absolute atomic E-state index is 0.0293. The lowest BCUT2D eigenvalue weighted by Gasteiger charge is -2.22. The molecule has 0 spiro atoms. The fourth-order valence-corrected chi connectivity index (χ4v) is 1.96. The van der Waals surface area contributed by atoms with Gasteiger partial charge >= 0.3 is 0 Å². The number of hydrogen-bond donors (Lipinski definition) is 1. The summed E-state index contributed by atoms with van der Waals surface area (Å²) in [5, 5.41) is 9.77. The van der Waals surface area contributed by atoms with Crippen molar-refractivity contribution in [3.63, 3.8) is 0 Å². The van der Waals surface area contributed by atoms with Crippen LogP contribution in [0.5, 0.6) is 5.75 Å². The standard InChI is InChI=1S/C14H20ClNO2/c1-3-4-8-16(9-7-15)14(18)12-10-11(2)5-6-13(12)17/h5-6,10,17H,3-4,7-9H2,1-2H3. The van der Waals surface area contributed by atoms with Crippen molar-refractivity contribution in [1.82, 2.24) is 4.90 Å². The summed E-state index contributed by atoms with van der Waals surface area (Å²) < 4.78 is 0. The highest BCUT2D eigenvalue weighted by Crippen LogP contribution is 2.20. The third-order valence-electron chi connectivity index (χ3n) is 2.81. The third-order valence-corrected chi connectivity index (χ3v) is 2.97. The van der Waals surface area contributed by atoms with Gasteiger partial charge in [0.25, 0.3) is 5.91 Å². The lowest BCUT2D eigenvalue weighted by Crippen LogP contribution is -2.33. The molecule has 0 aliphatic carbocycles. The summed E-state index contributed by atoms with van der Waals surface area (Å²) in [4.78, 5) is 14.0. The van der Waals surface area contributed by atoms with Gasteiger partial charge in [-0.1, -0.05) is 25.0 Å². The summed E-state index contributed by atoms with van der Waals surface area (Å²) in [5.41, 5.74) is 1.31. The highest BCUT2D eigenvalue weighted by atomic mass is 35.5. The van der Waals surface area contributed by atoms with Crippen LogP contribution in [-0.4, -0.2) is 34.9 Å². The molecule has 0 radical (unpaired) electrons. The van der Waals surface area contributed by atoms with E-state index < -0.39 is 0 Å². The Labute approximate surface area is 113 Å². The van der Waals surface area contributed by atoms with Crippen molar-refractivity contribution in [3.05, 3.63) is 29.3 Å². The normalized spacial score (nSPS) is 10.4. The summed E-state index contributed by atoms with van der Waals surface area (Å²) in [6.45, 7) is 5.16. The van der Waals surface area contributed by atoms with Gasteiger partial charge in [-0.15, -0.1) is 11.6 Å². The average Bonchev–Trinajstić information content (AvgIpc) is 2.36. The highest BCUT2D eigenvalue weighted by molar-refractivity contribution is 6.18. The first-order chi connectivity index (χ1) is 8.60. The quantitative estimate of drug-likeness (QED) is 0.806. The van der Waals surface area contributed by atoms with Gasteiger partial charge in [0.15, 0.2) is 0 Å². The van der Waals surface area contributed by atoms with Gasteiger partial charge < -0.3 is 10.0 Å². The number of alkyl halides is 1. The molecule has 18 heavy (non-hydrogen) atoms. The Kier molecular flexibility index (Phi) is 5.99. The van der Waals surface area contributed by atoms with Crippen molar-refractivity contribution >= 4 is 17.5 Å². The number of amides is 1. The third kappa shape index (κ3) is 3.91. The van der Waals surface area contributed by atoms with Gasteiger partial charge in [-0.3, -0.25) is 4.79 Å². The molecule has 100 valence electrons. The predicted octanol–water partition coefficient (Wildman–Crippen LogP) is 3.18. The van der Waals surface area contributed by atoms with Crippen LogP contribution in [0.2, 0.25) is 0 Å². The van der Waals surface area contributed by atoms with Crippen LogP contribution in [0, 0.1) is 6.92 Å². The molecule has 0 aromatic heterocycles. The number of phenols is 1. The zero-order valence-electron chi connectivity index (χ0n) is 10.9. The van der Waals surface area contributed by atoms with E-state index >= 15 is 0 Å². The van der Waals surface area contributed by atoms with E-state index in [1.54, 1.807) is 23.1 Å². The van der Waals surface area contributed by atoms with Crippen molar-refractivity contribution in [2.45, 2.75) is 26.7 Å².